The smallest absolute Gasteiger partial charge is 0.267 e. The molecule has 0 aliphatic heterocycles. The highest BCUT2D eigenvalue weighted by Crippen LogP contribution is 2.37. The molecule has 1 aliphatic rings. The van der Waals surface area contributed by atoms with Crippen molar-refractivity contribution in [2.75, 3.05) is 5.32 Å². The first-order chi connectivity index (χ1) is 13.2. The van der Waals surface area contributed by atoms with Crippen LogP contribution in [0.1, 0.15) is 54.7 Å². The van der Waals surface area contributed by atoms with Crippen molar-refractivity contribution >= 4 is 17.4 Å². The van der Waals surface area contributed by atoms with Crippen molar-refractivity contribution in [2.24, 2.45) is 16.9 Å². The Morgan fingerprint density at radius 3 is 2.79 bits per heavy atom. The number of aromatic nitrogens is 2. The number of amides is 1. The first-order valence-corrected chi connectivity index (χ1v) is 9.27. The third kappa shape index (κ3) is 4.54. The Balaban J connectivity index is 1.89. The Bertz CT molecular complexity index is 933. The monoisotopic (exact) mass is 378 g/mol. The SMILES string of the molecule is CC1(C)CCC(C(=N)c2cc(NCc3cccnc3)nc(C(N)=O)c2)=C(N)C1. The number of nitrogens with two attached hydrogens (primary N) is 2. The maximum Gasteiger partial charge on any atom is 0.267 e. The number of nitrogens with zero attached hydrogens (tertiary/aromatic N) is 2. The second kappa shape index (κ2) is 7.80. The van der Waals surface area contributed by atoms with Gasteiger partial charge in [-0.25, -0.2) is 4.98 Å². The lowest BCUT2D eigenvalue weighted by atomic mass is 9.75. The fraction of sp³-hybridized carbons (Fsp3) is 0.333. The molecule has 2 heterocycles. The molecule has 0 atom stereocenters. The van der Waals surface area contributed by atoms with Crippen LogP contribution in [-0.2, 0) is 6.54 Å². The molecular formula is C21H26N6O. The van der Waals surface area contributed by atoms with Gasteiger partial charge in [-0.05, 0) is 54.0 Å². The van der Waals surface area contributed by atoms with E-state index in [0.29, 0.717) is 23.6 Å². The number of primary amides is 1. The van der Waals surface area contributed by atoms with E-state index in [9.17, 15) is 4.79 Å². The standard InChI is InChI=1S/C21H26N6O/c1-21(2)6-5-15(16(22)10-21)19(23)14-8-17(20(24)28)27-18(9-14)26-12-13-4-3-7-25-11-13/h3-4,7-9,11,23H,5-6,10,12,22H2,1-2H3,(H2,24,28)(H,26,27). The number of hydrogen-bond donors (Lipinski definition) is 4. The normalized spacial score (nSPS) is 15.9. The number of pyridine rings is 2. The van der Waals surface area contributed by atoms with E-state index in [1.54, 1.807) is 24.5 Å². The molecule has 2 aromatic heterocycles. The molecule has 7 nitrogen and oxygen atoms in total. The molecule has 0 unspecified atom stereocenters. The Kier molecular flexibility index (Phi) is 5.44. The van der Waals surface area contributed by atoms with E-state index in [-0.39, 0.29) is 11.1 Å². The molecule has 7 heteroatoms. The zero-order chi connectivity index (χ0) is 20.3. The Morgan fingerprint density at radius 2 is 2.14 bits per heavy atom. The first kappa shape index (κ1) is 19.5. The number of carbonyl (C=O) groups excluding carboxylic acids is 1. The van der Waals surface area contributed by atoms with Crippen molar-refractivity contribution in [1.29, 1.82) is 5.41 Å². The molecule has 28 heavy (non-hydrogen) atoms. The van der Waals surface area contributed by atoms with Crippen molar-refractivity contribution in [3.63, 3.8) is 0 Å². The summed E-state index contributed by atoms with van der Waals surface area (Å²) in [5.74, 6) is -0.152. The van der Waals surface area contributed by atoms with Gasteiger partial charge in [-0.1, -0.05) is 19.9 Å². The summed E-state index contributed by atoms with van der Waals surface area (Å²) in [7, 11) is 0. The zero-order valence-corrected chi connectivity index (χ0v) is 16.2. The molecule has 0 bridgehead atoms. The highest BCUT2D eigenvalue weighted by molar-refractivity contribution is 6.12. The maximum atomic E-state index is 11.7. The molecule has 3 rings (SSSR count). The summed E-state index contributed by atoms with van der Waals surface area (Å²) in [5, 5.41) is 11.8. The van der Waals surface area contributed by atoms with E-state index >= 15 is 0 Å². The van der Waals surface area contributed by atoms with Crippen LogP contribution in [0, 0.1) is 10.8 Å². The lowest BCUT2D eigenvalue weighted by molar-refractivity contribution is 0.0995. The van der Waals surface area contributed by atoms with Gasteiger partial charge in [0.15, 0.2) is 0 Å². The van der Waals surface area contributed by atoms with Gasteiger partial charge in [-0.2, -0.15) is 0 Å². The third-order valence-electron chi connectivity index (χ3n) is 4.97. The van der Waals surface area contributed by atoms with Crippen LogP contribution in [-0.4, -0.2) is 21.6 Å². The van der Waals surface area contributed by atoms with E-state index < -0.39 is 5.91 Å². The molecule has 6 N–H and O–H groups in total. The van der Waals surface area contributed by atoms with Crippen molar-refractivity contribution in [2.45, 2.75) is 39.7 Å². The van der Waals surface area contributed by atoms with E-state index in [2.05, 4.69) is 29.1 Å². The highest BCUT2D eigenvalue weighted by atomic mass is 16.1. The maximum absolute atomic E-state index is 11.7. The van der Waals surface area contributed by atoms with Crippen LogP contribution in [0.3, 0.4) is 0 Å². The Morgan fingerprint density at radius 1 is 1.36 bits per heavy atom. The molecule has 0 spiro atoms. The molecule has 0 saturated carbocycles. The van der Waals surface area contributed by atoms with Crippen molar-refractivity contribution < 1.29 is 4.79 Å². The average Bonchev–Trinajstić information content (AvgIpc) is 2.66. The molecule has 1 amide bonds. The molecule has 0 radical (unpaired) electrons. The molecule has 0 saturated heterocycles. The Hall–Kier alpha value is -3.22. The van der Waals surface area contributed by atoms with Gasteiger partial charge in [0.2, 0.25) is 0 Å². The topological polar surface area (TPSA) is 131 Å². The molecule has 0 aromatic carbocycles. The van der Waals surface area contributed by atoms with Gasteiger partial charge in [-0.15, -0.1) is 0 Å². The fourth-order valence-corrected chi connectivity index (χ4v) is 3.38. The van der Waals surface area contributed by atoms with Gasteiger partial charge in [0.25, 0.3) is 5.91 Å². The number of nitrogens with one attached hydrogen (secondary N) is 2. The van der Waals surface area contributed by atoms with Gasteiger partial charge in [0.05, 0.1) is 5.71 Å². The van der Waals surface area contributed by atoms with Crippen LogP contribution in [0.5, 0.6) is 0 Å². The summed E-state index contributed by atoms with van der Waals surface area (Å²) < 4.78 is 0. The number of allylic oxidation sites excluding steroid dienone is 2. The zero-order valence-electron chi connectivity index (χ0n) is 16.2. The second-order valence-electron chi connectivity index (χ2n) is 7.93. The average molecular weight is 378 g/mol. The lowest BCUT2D eigenvalue weighted by Gasteiger charge is -2.31. The summed E-state index contributed by atoms with van der Waals surface area (Å²) >= 11 is 0. The third-order valence-corrected chi connectivity index (χ3v) is 4.97. The fourth-order valence-electron chi connectivity index (χ4n) is 3.38. The summed E-state index contributed by atoms with van der Waals surface area (Å²) in [6, 6.07) is 7.10. The van der Waals surface area contributed by atoms with Crippen LogP contribution < -0.4 is 16.8 Å². The number of hydrogen-bond acceptors (Lipinski definition) is 6. The van der Waals surface area contributed by atoms with Crippen LogP contribution in [0.2, 0.25) is 0 Å². The van der Waals surface area contributed by atoms with Gasteiger partial charge >= 0.3 is 0 Å². The molecule has 2 aromatic rings. The minimum atomic E-state index is -0.634. The largest absolute Gasteiger partial charge is 0.402 e. The summed E-state index contributed by atoms with van der Waals surface area (Å²) in [6.07, 6.45) is 5.92. The van der Waals surface area contributed by atoms with Gasteiger partial charge in [-0.3, -0.25) is 15.2 Å². The molecule has 0 fully saturated rings. The highest BCUT2D eigenvalue weighted by Gasteiger charge is 2.28. The number of anilines is 1. The van der Waals surface area contributed by atoms with Crippen molar-refractivity contribution in [1.82, 2.24) is 9.97 Å². The number of rotatable bonds is 6. The number of carbonyl (C=O) groups is 1. The van der Waals surface area contributed by atoms with Crippen molar-refractivity contribution in [3.8, 4) is 0 Å². The van der Waals surface area contributed by atoms with Crippen LogP contribution in [0.4, 0.5) is 5.82 Å². The van der Waals surface area contributed by atoms with Crippen molar-refractivity contribution in [3.05, 3.63) is 64.8 Å². The minimum absolute atomic E-state index is 0.117. The van der Waals surface area contributed by atoms with Gasteiger partial charge < -0.3 is 16.8 Å². The lowest BCUT2D eigenvalue weighted by Crippen LogP contribution is -2.25. The summed E-state index contributed by atoms with van der Waals surface area (Å²) in [5.41, 5.74) is 15.4. The van der Waals surface area contributed by atoms with E-state index in [0.717, 1.165) is 36.1 Å². The predicted molar refractivity (Wildman–Crippen MR) is 110 cm³/mol. The van der Waals surface area contributed by atoms with E-state index in [4.69, 9.17) is 16.9 Å². The molecular weight excluding hydrogens is 352 g/mol. The molecule has 146 valence electrons. The van der Waals surface area contributed by atoms with E-state index in [1.165, 1.54) is 0 Å². The quantitative estimate of drug-likeness (QED) is 0.574. The van der Waals surface area contributed by atoms with Crippen LogP contribution in [0.15, 0.2) is 47.9 Å². The minimum Gasteiger partial charge on any atom is -0.402 e. The predicted octanol–water partition coefficient (Wildman–Crippen LogP) is 2.98. The second-order valence-corrected chi connectivity index (χ2v) is 7.93. The summed E-state index contributed by atoms with van der Waals surface area (Å²) in [6.45, 7) is 4.85. The summed E-state index contributed by atoms with van der Waals surface area (Å²) in [4.78, 5) is 20.1. The van der Waals surface area contributed by atoms with Crippen LogP contribution in [0.25, 0.3) is 0 Å². The van der Waals surface area contributed by atoms with Crippen LogP contribution >= 0.6 is 0 Å². The Labute approximate surface area is 164 Å². The van der Waals surface area contributed by atoms with Gasteiger partial charge in [0.1, 0.15) is 11.5 Å². The molecule has 1 aliphatic carbocycles. The van der Waals surface area contributed by atoms with Gasteiger partial charge in [0, 0.05) is 30.2 Å². The first-order valence-electron chi connectivity index (χ1n) is 9.27. The van der Waals surface area contributed by atoms with E-state index in [1.807, 2.05) is 12.1 Å².